The van der Waals surface area contributed by atoms with Gasteiger partial charge in [-0.2, -0.15) is 0 Å². The van der Waals surface area contributed by atoms with E-state index in [9.17, 15) is 4.79 Å². The second-order valence-electron chi connectivity index (χ2n) is 3.89. The van der Waals surface area contributed by atoms with Crippen LogP contribution in [0.2, 0.25) is 0 Å². The number of benzene rings is 1. The van der Waals surface area contributed by atoms with E-state index in [1.165, 1.54) is 6.20 Å². The van der Waals surface area contributed by atoms with Crippen molar-refractivity contribution in [2.75, 3.05) is 11.1 Å². The number of nitrogen functional groups attached to an aromatic ring is 1. The molecule has 0 spiro atoms. The van der Waals surface area contributed by atoms with Gasteiger partial charge in [0.1, 0.15) is 5.82 Å². The van der Waals surface area contributed by atoms with E-state index in [-0.39, 0.29) is 0 Å². The van der Waals surface area contributed by atoms with Crippen molar-refractivity contribution >= 4 is 17.4 Å². The van der Waals surface area contributed by atoms with Gasteiger partial charge < -0.3 is 16.8 Å². The number of rotatable bonds is 4. The molecule has 0 fully saturated rings. The Hall–Kier alpha value is -2.56. The van der Waals surface area contributed by atoms with Crippen molar-refractivity contribution < 1.29 is 4.79 Å². The Morgan fingerprint density at radius 2 is 1.89 bits per heavy atom. The van der Waals surface area contributed by atoms with Crippen molar-refractivity contribution in [1.29, 1.82) is 0 Å². The molecular weight excluding hydrogens is 228 g/mol. The molecule has 1 aromatic heterocycles. The van der Waals surface area contributed by atoms with Crippen LogP contribution in [-0.4, -0.2) is 10.9 Å². The molecule has 0 aliphatic carbocycles. The number of hydrogen-bond donors (Lipinski definition) is 3. The second kappa shape index (κ2) is 5.18. The maximum absolute atomic E-state index is 10.9. The van der Waals surface area contributed by atoms with E-state index in [1.807, 2.05) is 24.3 Å². The molecule has 2 rings (SSSR count). The summed E-state index contributed by atoms with van der Waals surface area (Å²) < 4.78 is 0. The van der Waals surface area contributed by atoms with Gasteiger partial charge >= 0.3 is 0 Å². The SMILES string of the molecule is NC(=O)c1ccc(NCc2ccc(N)cc2)nc1. The molecule has 18 heavy (non-hydrogen) atoms. The van der Waals surface area contributed by atoms with E-state index in [2.05, 4.69) is 10.3 Å². The summed E-state index contributed by atoms with van der Waals surface area (Å²) in [4.78, 5) is 15.0. The molecule has 0 unspecified atom stereocenters. The molecule has 0 saturated carbocycles. The van der Waals surface area contributed by atoms with Crippen LogP contribution >= 0.6 is 0 Å². The smallest absolute Gasteiger partial charge is 0.250 e. The number of amides is 1. The van der Waals surface area contributed by atoms with E-state index < -0.39 is 5.91 Å². The molecule has 0 bridgehead atoms. The minimum absolute atomic E-state index is 0.396. The summed E-state index contributed by atoms with van der Waals surface area (Å²) in [7, 11) is 0. The highest BCUT2D eigenvalue weighted by molar-refractivity contribution is 5.92. The van der Waals surface area contributed by atoms with Gasteiger partial charge in [-0.15, -0.1) is 0 Å². The van der Waals surface area contributed by atoms with Gasteiger partial charge in [0.2, 0.25) is 5.91 Å². The number of aromatic nitrogens is 1. The average molecular weight is 242 g/mol. The fourth-order valence-corrected chi connectivity index (χ4v) is 1.47. The number of primary amides is 1. The van der Waals surface area contributed by atoms with Gasteiger partial charge in [0.15, 0.2) is 0 Å². The van der Waals surface area contributed by atoms with Crippen LogP contribution in [0.3, 0.4) is 0 Å². The first-order valence-electron chi connectivity index (χ1n) is 5.49. The zero-order valence-electron chi connectivity index (χ0n) is 9.76. The Morgan fingerprint density at radius 3 is 2.44 bits per heavy atom. The first kappa shape index (κ1) is 11.9. The molecule has 2 aromatic rings. The molecule has 0 aliphatic rings. The van der Waals surface area contributed by atoms with E-state index in [1.54, 1.807) is 12.1 Å². The van der Waals surface area contributed by atoms with Gasteiger partial charge in [-0.25, -0.2) is 4.98 Å². The Morgan fingerprint density at radius 1 is 1.17 bits per heavy atom. The summed E-state index contributed by atoms with van der Waals surface area (Å²) in [6.45, 7) is 0.642. The molecule has 0 saturated heterocycles. The molecule has 92 valence electrons. The molecule has 1 aromatic carbocycles. The summed E-state index contributed by atoms with van der Waals surface area (Å²) in [5.74, 6) is 0.212. The maximum Gasteiger partial charge on any atom is 0.250 e. The molecular formula is C13H14N4O. The van der Waals surface area contributed by atoms with Gasteiger partial charge in [0, 0.05) is 18.4 Å². The Kier molecular flexibility index (Phi) is 3.43. The summed E-state index contributed by atoms with van der Waals surface area (Å²) in [5.41, 5.74) is 13.0. The van der Waals surface area contributed by atoms with Gasteiger partial charge in [-0.05, 0) is 29.8 Å². The number of hydrogen-bond acceptors (Lipinski definition) is 4. The molecule has 0 aliphatic heterocycles. The van der Waals surface area contributed by atoms with Crippen LogP contribution in [0.25, 0.3) is 0 Å². The third kappa shape index (κ3) is 2.98. The number of pyridine rings is 1. The number of carbonyl (C=O) groups excluding carboxylic acids is 1. The first-order chi connectivity index (χ1) is 8.65. The summed E-state index contributed by atoms with van der Waals surface area (Å²) in [6.07, 6.45) is 1.45. The van der Waals surface area contributed by atoms with Crippen molar-refractivity contribution in [3.05, 3.63) is 53.7 Å². The number of nitrogens with zero attached hydrogens (tertiary/aromatic N) is 1. The van der Waals surface area contributed by atoms with E-state index >= 15 is 0 Å². The van der Waals surface area contributed by atoms with E-state index in [0.717, 1.165) is 11.3 Å². The lowest BCUT2D eigenvalue weighted by atomic mass is 10.2. The normalized spacial score (nSPS) is 10.0. The van der Waals surface area contributed by atoms with Gasteiger partial charge in [0.05, 0.1) is 5.56 Å². The molecule has 1 amide bonds. The van der Waals surface area contributed by atoms with Crippen LogP contribution in [0.5, 0.6) is 0 Å². The minimum atomic E-state index is -0.479. The average Bonchev–Trinajstić information content (AvgIpc) is 2.38. The Bertz CT molecular complexity index is 534. The van der Waals surface area contributed by atoms with E-state index in [4.69, 9.17) is 11.5 Å². The predicted octanol–water partition coefficient (Wildman–Crippen LogP) is 1.37. The second-order valence-corrected chi connectivity index (χ2v) is 3.89. The van der Waals surface area contributed by atoms with Gasteiger partial charge in [-0.1, -0.05) is 12.1 Å². The van der Waals surface area contributed by atoms with Crippen LogP contribution in [0.4, 0.5) is 11.5 Å². The fraction of sp³-hybridized carbons (Fsp3) is 0.0769. The number of nitrogens with two attached hydrogens (primary N) is 2. The highest BCUT2D eigenvalue weighted by Crippen LogP contribution is 2.09. The zero-order chi connectivity index (χ0) is 13.0. The highest BCUT2D eigenvalue weighted by atomic mass is 16.1. The minimum Gasteiger partial charge on any atom is -0.399 e. The van der Waals surface area contributed by atoms with E-state index in [0.29, 0.717) is 17.9 Å². The lowest BCUT2D eigenvalue weighted by Gasteiger charge is -2.06. The predicted molar refractivity (Wildman–Crippen MR) is 70.9 cm³/mol. The highest BCUT2D eigenvalue weighted by Gasteiger charge is 2.00. The molecule has 5 N–H and O–H groups in total. The quantitative estimate of drug-likeness (QED) is 0.706. The lowest BCUT2D eigenvalue weighted by Crippen LogP contribution is -2.11. The van der Waals surface area contributed by atoms with Gasteiger partial charge in [0.25, 0.3) is 0 Å². The summed E-state index contributed by atoms with van der Waals surface area (Å²) >= 11 is 0. The van der Waals surface area contributed by atoms with Crippen molar-refractivity contribution in [3.8, 4) is 0 Å². The van der Waals surface area contributed by atoms with Crippen LogP contribution in [0, 0.1) is 0 Å². The van der Waals surface area contributed by atoms with Crippen molar-refractivity contribution in [3.63, 3.8) is 0 Å². The molecule has 0 atom stereocenters. The third-order valence-electron chi connectivity index (χ3n) is 2.50. The third-order valence-corrected chi connectivity index (χ3v) is 2.50. The van der Waals surface area contributed by atoms with Crippen molar-refractivity contribution in [2.24, 2.45) is 5.73 Å². The first-order valence-corrected chi connectivity index (χ1v) is 5.49. The topological polar surface area (TPSA) is 94.0 Å². The van der Waals surface area contributed by atoms with Crippen LogP contribution in [-0.2, 0) is 6.54 Å². The lowest BCUT2D eigenvalue weighted by molar-refractivity contribution is 0.1000. The molecule has 0 radical (unpaired) electrons. The molecule has 5 nitrogen and oxygen atoms in total. The molecule has 5 heteroatoms. The number of anilines is 2. The summed E-state index contributed by atoms with van der Waals surface area (Å²) in [6, 6.07) is 10.9. The summed E-state index contributed by atoms with van der Waals surface area (Å²) in [5, 5.41) is 3.14. The standard InChI is InChI=1S/C13H14N4O/c14-11-4-1-9(2-5-11)7-16-12-6-3-10(8-17-12)13(15)18/h1-6,8H,7,14H2,(H2,15,18)(H,16,17). The van der Waals surface area contributed by atoms with Crippen LogP contribution < -0.4 is 16.8 Å². The monoisotopic (exact) mass is 242 g/mol. The molecule has 1 heterocycles. The number of nitrogens with one attached hydrogen (secondary N) is 1. The number of carbonyl (C=O) groups is 1. The van der Waals surface area contributed by atoms with Crippen molar-refractivity contribution in [2.45, 2.75) is 6.54 Å². The van der Waals surface area contributed by atoms with Crippen LogP contribution in [0.1, 0.15) is 15.9 Å². The largest absolute Gasteiger partial charge is 0.399 e. The fourth-order valence-electron chi connectivity index (χ4n) is 1.47. The van der Waals surface area contributed by atoms with Crippen molar-refractivity contribution in [1.82, 2.24) is 4.98 Å². The van der Waals surface area contributed by atoms with Gasteiger partial charge in [-0.3, -0.25) is 4.79 Å². The zero-order valence-corrected chi connectivity index (χ0v) is 9.76. The Balaban J connectivity index is 1.97. The van der Waals surface area contributed by atoms with Crippen LogP contribution in [0.15, 0.2) is 42.6 Å². The maximum atomic E-state index is 10.9. The Labute approximate surface area is 105 Å².